The molecule has 0 aliphatic rings. The van der Waals surface area contributed by atoms with Gasteiger partial charge >= 0.3 is 0 Å². The Morgan fingerprint density at radius 3 is 2.56 bits per heavy atom. The van der Waals surface area contributed by atoms with Gasteiger partial charge in [0.15, 0.2) is 0 Å². The number of aryl methyl sites for hydroxylation is 2. The van der Waals surface area contributed by atoms with E-state index in [0.29, 0.717) is 18.7 Å². The fourth-order valence-corrected chi connectivity index (χ4v) is 3.64. The zero-order valence-electron chi connectivity index (χ0n) is 18.4. The SMILES string of the molecule is COc1ccc(OCCCn2c(CNC(=O)c3cccc(C)c3)nc3ccccc32)cc1. The lowest BCUT2D eigenvalue weighted by Crippen LogP contribution is -2.25. The number of benzene rings is 3. The minimum absolute atomic E-state index is 0.102. The van der Waals surface area contributed by atoms with E-state index in [9.17, 15) is 4.79 Å². The molecule has 0 atom stereocenters. The first-order chi connectivity index (χ1) is 15.6. The second-order valence-electron chi connectivity index (χ2n) is 7.60. The van der Waals surface area contributed by atoms with Gasteiger partial charge in [-0.1, -0.05) is 29.8 Å². The molecule has 0 saturated heterocycles. The van der Waals surface area contributed by atoms with Crippen molar-refractivity contribution in [2.75, 3.05) is 13.7 Å². The van der Waals surface area contributed by atoms with Crippen molar-refractivity contribution < 1.29 is 14.3 Å². The van der Waals surface area contributed by atoms with Gasteiger partial charge in [-0.15, -0.1) is 0 Å². The van der Waals surface area contributed by atoms with Gasteiger partial charge in [0, 0.05) is 12.1 Å². The molecular formula is C26H27N3O3. The average molecular weight is 430 g/mol. The Balaban J connectivity index is 1.41. The smallest absolute Gasteiger partial charge is 0.251 e. The number of rotatable bonds is 9. The van der Waals surface area contributed by atoms with Crippen LogP contribution < -0.4 is 14.8 Å². The normalized spacial score (nSPS) is 10.8. The van der Waals surface area contributed by atoms with E-state index >= 15 is 0 Å². The van der Waals surface area contributed by atoms with E-state index in [1.165, 1.54) is 0 Å². The second-order valence-corrected chi connectivity index (χ2v) is 7.60. The van der Waals surface area contributed by atoms with Crippen LogP contribution in [0.1, 0.15) is 28.2 Å². The third-order valence-electron chi connectivity index (χ3n) is 5.28. The molecule has 32 heavy (non-hydrogen) atoms. The maximum atomic E-state index is 12.6. The average Bonchev–Trinajstić information content (AvgIpc) is 3.18. The number of fused-ring (bicyclic) bond motifs is 1. The van der Waals surface area contributed by atoms with Gasteiger partial charge in [-0.2, -0.15) is 0 Å². The summed E-state index contributed by atoms with van der Waals surface area (Å²) in [6.45, 7) is 3.66. The number of amides is 1. The monoisotopic (exact) mass is 429 g/mol. The summed E-state index contributed by atoms with van der Waals surface area (Å²) in [6.07, 6.45) is 0.811. The summed E-state index contributed by atoms with van der Waals surface area (Å²) in [5, 5.41) is 3.01. The van der Waals surface area contributed by atoms with Crippen molar-refractivity contribution in [3.05, 3.63) is 89.7 Å². The topological polar surface area (TPSA) is 65.4 Å². The Morgan fingerprint density at radius 1 is 1.00 bits per heavy atom. The number of methoxy groups -OCH3 is 1. The van der Waals surface area contributed by atoms with Crippen LogP contribution in [0.2, 0.25) is 0 Å². The molecule has 3 aromatic carbocycles. The summed E-state index contributed by atoms with van der Waals surface area (Å²) < 4.78 is 13.2. The van der Waals surface area contributed by atoms with Crippen LogP contribution in [0, 0.1) is 6.92 Å². The highest BCUT2D eigenvalue weighted by molar-refractivity contribution is 5.94. The molecule has 0 saturated carbocycles. The number of ether oxygens (including phenoxy) is 2. The highest BCUT2D eigenvalue weighted by Crippen LogP contribution is 2.19. The van der Waals surface area contributed by atoms with Gasteiger partial charge in [0.1, 0.15) is 17.3 Å². The molecule has 6 heteroatoms. The maximum absolute atomic E-state index is 12.6. The molecule has 0 bridgehead atoms. The number of carbonyl (C=O) groups is 1. The molecule has 0 aliphatic heterocycles. The molecule has 6 nitrogen and oxygen atoms in total. The van der Waals surface area contributed by atoms with Gasteiger partial charge in [0.2, 0.25) is 0 Å². The number of nitrogens with one attached hydrogen (secondary N) is 1. The fourth-order valence-electron chi connectivity index (χ4n) is 3.64. The van der Waals surface area contributed by atoms with Crippen LogP contribution in [0.5, 0.6) is 11.5 Å². The highest BCUT2D eigenvalue weighted by atomic mass is 16.5. The van der Waals surface area contributed by atoms with E-state index in [0.717, 1.165) is 46.9 Å². The summed E-state index contributed by atoms with van der Waals surface area (Å²) >= 11 is 0. The van der Waals surface area contributed by atoms with E-state index in [1.807, 2.05) is 73.7 Å². The zero-order valence-corrected chi connectivity index (χ0v) is 18.4. The van der Waals surface area contributed by atoms with Crippen molar-refractivity contribution in [3.63, 3.8) is 0 Å². The number of aromatic nitrogens is 2. The summed E-state index contributed by atoms with van der Waals surface area (Å²) in [6, 6.07) is 23.2. The molecule has 0 spiro atoms. The van der Waals surface area contributed by atoms with E-state index in [-0.39, 0.29) is 5.91 Å². The van der Waals surface area contributed by atoms with Crippen molar-refractivity contribution >= 4 is 16.9 Å². The molecule has 4 aromatic rings. The molecule has 164 valence electrons. The van der Waals surface area contributed by atoms with Gasteiger partial charge in [0.05, 0.1) is 31.3 Å². The standard InChI is InChI=1S/C26H27N3O3/c1-19-7-5-8-20(17-19)26(30)27-18-25-28-23-9-3-4-10-24(23)29(25)15-6-16-32-22-13-11-21(31-2)12-14-22/h3-5,7-14,17H,6,15-16,18H2,1-2H3,(H,27,30). The predicted octanol–water partition coefficient (Wildman–Crippen LogP) is 4.75. The number of hydrogen-bond donors (Lipinski definition) is 1. The number of para-hydroxylation sites is 2. The molecule has 4 rings (SSSR count). The lowest BCUT2D eigenvalue weighted by Gasteiger charge is -2.11. The van der Waals surface area contributed by atoms with E-state index in [2.05, 4.69) is 16.0 Å². The molecule has 1 N–H and O–H groups in total. The number of nitrogens with zero attached hydrogens (tertiary/aromatic N) is 2. The molecule has 1 amide bonds. The molecule has 0 unspecified atom stereocenters. The molecule has 0 aliphatic carbocycles. The molecule has 1 heterocycles. The second kappa shape index (κ2) is 10.0. The van der Waals surface area contributed by atoms with Crippen molar-refractivity contribution in [3.8, 4) is 11.5 Å². The van der Waals surface area contributed by atoms with E-state index in [1.54, 1.807) is 7.11 Å². The highest BCUT2D eigenvalue weighted by Gasteiger charge is 2.12. The summed E-state index contributed by atoms with van der Waals surface area (Å²) in [5.41, 5.74) is 3.68. The number of imidazole rings is 1. The Labute approximate surface area is 187 Å². The van der Waals surface area contributed by atoms with Crippen LogP contribution in [0.15, 0.2) is 72.8 Å². The van der Waals surface area contributed by atoms with Crippen LogP contribution in [-0.4, -0.2) is 29.2 Å². The van der Waals surface area contributed by atoms with Crippen molar-refractivity contribution in [2.24, 2.45) is 0 Å². The fraction of sp³-hybridized carbons (Fsp3) is 0.231. The Morgan fingerprint density at radius 2 is 1.78 bits per heavy atom. The van der Waals surface area contributed by atoms with Gasteiger partial charge < -0.3 is 19.4 Å². The number of hydrogen-bond acceptors (Lipinski definition) is 4. The summed E-state index contributed by atoms with van der Waals surface area (Å²) in [7, 11) is 1.65. The Bertz CT molecular complexity index is 1200. The van der Waals surface area contributed by atoms with Crippen LogP contribution >= 0.6 is 0 Å². The minimum atomic E-state index is -0.102. The van der Waals surface area contributed by atoms with Crippen molar-refractivity contribution in [1.82, 2.24) is 14.9 Å². The lowest BCUT2D eigenvalue weighted by molar-refractivity contribution is 0.0949. The minimum Gasteiger partial charge on any atom is -0.497 e. The van der Waals surface area contributed by atoms with Crippen LogP contribution in [0.25, 0.3) is 11.0 Å². The van der Waals surface area contributed by atoms with Gasteiger partial charge in [-0.25, -0.2) is 4.98 Å². The molecule has 1 aromatic heterocycles. The van der Waals surface area contributed by atoms with Crippen LogP contribution in [0.4, 0.5) is 0 Å². The van der Waals surface area contributed by atoms with Crippen molar-refractivity contribution in [2.45, 2.75) is 26.4 Å². The Kier molecular flexibility index (Phi) is 6.70. The quantitative estimate of drug-likeness (QED) is 0.390. The van der Waals surface area contributed by atoms with Crippen LogP contribution in [-0.2, 0) is 13.1 Å². The first-order valence-electron chi connectivity index (χ1n) is 10.7. The third kappa shape index (κ3) is 5.09. The lowest BCUT2D eigenvalue weighted by atomic mass is 10.1. The molecular weight excluding hydrogens is 402 g/mol. The van der Waals surface area contributed by atoms with Crippen LogP contribution in [0.3, 0.4) is 0 Å². The number of carbonyl (C=O) groups excluding carboxylic acids is 1. The predicted molar refractivity (Wildman–Crippen MR) is 125 cm³/mol. The van der Waals surface area contributed by atoms with Gasteiger partial charge in [-0.3, -0.25) is 4.79 Å². The van der Waals surface area contributed by atoms with Gasteiger partial charge in [0.25, 0.3) is 5.91 Å². The van der Waals surface area contributed by atoms with E-state index in [4.69, 9.17) is 14.5 Å². The zero-order chi connectivity index (χ0) is 22.3. The Hall–Kier alpha value is -3.80. The molecule has 0 radical (unpaired) electrons. The maximum Gasteiger partial charge on any atom is 0.251 e. The molecule has 0 fully saturated rings. The summed E-state index contributed by atoms with van der Waals surface area (Å²) in [5.74, 6) is 2.35. The first-order valence-corrected chi connectivity index (χ1v) is 10.7. The third-order valence-corrected chi connectivity index (χ3v) is 5.28. The van der Waals surface area contributed by atoms with Crippen molar-refractivity contribution in [1.29, 1.82) is 0 Å². The first kappa shape index (κ1) is 21.4. The van der Waals surface area contributed by atoms with Gasteiger partial charge in [-0.05, 0) is 61.9 Å². The largest absolute Gasteiger partial charge is 0.497 e. The summed E-state index contributed by atoms with van der Waals surface area (Å²) in [4.78, 5) is 17.3. The van der Waals surface area contributed by atoms with E-state index < -0.39 is 0 Å².